The van der Waals surface area contributed by atoms with E-state index in [1.807, 2.05) is 6.20 Å². The Bertz CT molecular complexity index is 529. The first kappa shape index (κ1) is 13.8. The lowest BCUT2D eigenvalue weighted by molar-refractivity contribution is 0.642. The largest absolute Gasteiger partial charge is 0.313 e. The van der Waals surface area contributed by atoms with E-state index < -0.39 is 0 Å². The van der Waals surface area contributed by atoms with Crippen LogP contribution in [0.4, 0.5) is 0 Å². The Labute approximate surface area is 115 Å². The molecule has 0 aliphatic carbocycles. The molecule has 1 heterocycles. The van der Waals surface area contributed by atoms with Gasteiger partial charge in [0.15, 0.2) is 0 Å². The van der Waals surface area contributed by atoms with Gasteiger partial charge >= 0.3 is 0 Å². The third-order valence-corrected chi connectivity index (χ3v) is 3.35. The monoisotopic (exact) mass is 257 g/mol. The number of nitrogens with one attached hydrogen (secondary N) is 1. The third kappa shape index (κ3) is 3.44. The second-order valence-electron chi connectivity index (χ2n) is 4.90. The maximum atomic E-state index is 4.54. The van der Waals surface area contributed by atoms with Gasteiger partial charge in [0, 0.05) is 17.8 Å². The van der Waals surface area contributed by atoms with Crippen molar-refractivity contribution < 1.29 is 0 Å². The van der Waals surface area contributed by atoms with Crippen molar-refractivity contribution >= 4 is 0 Å². The van der Waals surface area contributed by atoms with E-state index in [0.717, 1.165) is 26.1 Å². The summed E-state index contributed by atoms with van der Waals surface area (Å²) in [5.74, 6) is 0. The van der Waals surface area contributed by atoms with Crippen LogP contribution in [0, 0.1) is 6.92 Å². The van der Waals surface area contributed by atoms with Gasteiger partial charge in [-0.15, -0.1) is 0 Å². The summed E-state index contributed by atoms with van der Waals surface area (Å²) in [4.78, 5) is 0. The van der Waals surface area contributed by atoms with Crippen molar-refractivity contribution in [1.82, 2.24) is 15.1 Å². The van der Waals surface area contributed by atoms with Gasteiger partial charge in [0.05, 0.1) is 12.7 Å². The van der Waals surface area contributed by atoms with Crippen molar-refractivity contribution in [1.29, 1.82) is 0 Å². The Morgan fingerprint density at radius 1 is 1.26 bits per heavy atom. The highest BCUT2D eigenvalue weighted by Crippen LogP contribution is 2.13. The number of aromatic nitrogens is 2. The normalized spacial score (nSPS) is 10.9. The van der Waals surface area contributed by atoms with Crippen LogP contribution in [0.25, 0.3) is 0 Å². The van der Waals surface area contributed by atoms with Gasteiger partial charge in [0.1, 0.15) is 0 Å². The molecule has 0 amide bonds. The molecule has 0 unspecified atom stereocenters. The molecule has 2 aromatic rings. The van der Waals surface area contributed by atoms with Crippen molar-refractivity contribution in [2.75, 3.05) is 6.54 Å². The molecule has 1 N–H and O–H groups in total. The molecular formula is C16H23N3. The average molecular weight is 257 g/mol. The van der Waals surface area contributed by atoms with Crippen LogP contribution in [0.2, 0.25) is 0 Å². The minimum atomic E-state index is 0.858. The number of rotatable bonds is 6. The van der Waals surface area contributed by atoms with Gasteiger partial charge in [0.25, 0.3) is 0 Å². The lowest BCUT2D eigenvalue weighted by Crippen LogP contribution is -2.14. The van der Waals surface area contributed by atoms with E-state index in [4.69, 9.17) is 0 Å². The first-order chi connectivity index (χ1) is 9.24. The Balaban J connectivity index is 2.18. The number of hydrogen-bond donors (Lipinski definition) is 1. The number of nitrogens with zero attached hydrogens (tertiary/aromatic N) is 2. The zero-order chi connectivity index (χ0) is 13.7. The molecule has 1 aromatic carbocycles. The van der Waals surface area contributed by atoms with Crippen molar-refractivity contribution in [3.8, 4) is 0 Å². The third-order valence-electron chi connectivity index (χ3n) is 3.35. The summed E-state index contributed by atoms with van der Waals surface area (Å²) in [7, 11) is 0. The molecule has 3 heteroatoms. The number of benzene rings is 1. The molecule has 0 fully saturated rings. The maximum absolute atomic E-state index is 4.54. The molecule has 19 heavy (non-hydrogen) atoms. The summed E-state index contributed by atoms with van der Waals surface area (Å²) < 4.78 is 2.13. The Morgan fingerprint density at radius 3 is 2.79 bits per heavy atom. The average Bonchev–Trinajstić information content (AvgIpc) is 2.78. The van der Waals surface area contributed by atoms with Gasteiger partial charge in [-0.05, 0) is 25.5 Å². The van der Waals surface area contributed by atoms with E-state index >= 15 is 0 Å². The van der Waals surface area contributed by atoms with Gasteiger partial charge in [-0.3, -0.25) is 4.68 Å². The van der Waals surface area contributed by atoms with E-state index in [9.17, 15) is 0 Å². The molecular weight excluding hydrogens is 234 g/mol. The molecule has 102 valence electrons. The van der Waals surface area contributed by atoms with Crippen LogP contribution in [0.1, 0.15) is 36.2 Å². The highest BCUT2D eigenvalue weighted by Gasteiger charge is 2.08. The Hall–Kier alpha value is -1.61. The second-order valence-corrected chi connectivity index (χ2v) is 4.90. The summed E-state index contributed by atoms with van der Waals surface area (Å²) in [6.45, 7) is 9.21. The molecule has 0 spiro atoms. The molecule has 2 rings (SSSR count). The van der Waals surface area contributed by atoms with E-state index in [1.54, 1.807) is 0 Å². The van der Waals surface area contributed by atoms with Gasteiger partial charge in [-0.25, -0.2) is 0 Å². The van der Waals surface area contributed by atoms with Crippen LogP contribution in [-0.2, 0) is 19.5 Å². The Kier molecular flexibility index (Phi) is 4.74. The van der Waals surface area contributed by atoms with Gasteiger partial charge in [0.2, 0.25) is 0 Å². The van der Waals surface area contributed by atoms with Crippen LogP contribution in [0.3, 0.4) is 0 Å². The smallest absolute Gasteiger partial charge is 0.0662 e. The fourth-order valence-electron chi connectivity index (χ4n) is 2.39. The van der Waals surface area contributed by atoms with Crippen LogP contribution in [0.5, 0.6) is 0 Å². The molecule has 3 nitrogen and oxygen atoms in total. The highest BCUT2D eigenvalue weighted by molar-refractivity contribution is 5.24. The molecule has 0 saturated heterocycles. The lowest BCUT2D eigenvalue weighted by Gasteiger charge is -2.09. The lowest BCUT2D eigenvalue weighted by atomic mass is 10.1. The van der Waals surface area contributed by atoms with Crippen molar-refractivity contribution in [3.05, 3.63) is 52.8 Å². The molecule has 0 aliphatic heterocycles. The molecule has 0 aliphatic rings. The predicted molar refractivity (Wildman–Crippen MR) is 79.3 cm³/mol. The molecule has 0 bridgehead atoms. The SMILES string of the molecule is CCNCc1cnn(Cc2cccc(C)c2)c1CC. The fraction of sp³-hybridized carbons (Fsp3) is 0.438. The van der Waals surface area contributed by atoms with E-state index in [-0.39, 0.29) is 0 Å². The predicted octanol–water partition coefficient (Wildman–Crippen LogP) is 2.91. The van der Waals surface area contributed by atoms with Gasteiger partial charge in [-0.2, -0.15) is 5.10 Å². The van der Waals surface area contributed by atoms with E-state index in [0.29, 0.717) is 0 Å². The van der Waals surface area contributed by atoms with Crippen molar-refractivity contribution in [2.45, 2.75) is 40.3 Å². The quantitative estimate of drug-likeness (QED) is 0.862. The number of aryl methyl sites for hydroxylation is 1. The van der Waals surface area contributed by atoms with Crippen LogP contribution < -0.4 is 5.32 Å². The number of hydrogen-bond acceptors (Lipinski definition) is 2. The standard InChI is InChI=1S/C16H23N3/c1-4-16-15(10-17-5-2)11-18-19(16)12-14-8-6-7-13(3)9-14/h6-9,11,17H,4-5,10,12H2,1-3H3. The summed E-state index contributed by atoms with van der Waals surface area (Å²) in [5.41, 5.74) is 5.27. The molecule has 1 aromatic heterocycles. The fourth-order valence-corrected chi connectivity index (χ4v) is 2.39. The second kappa shape index (κ2) is 6.53. The summed E-state index contributed by atoms with van der Waals surface area (Å²) in [6, 6.07) is 8.63. The van der Waals surface area contributed by atoms with E-state index in [1.165, 1.54) is 22.4 Å². The maximum Gasteiger partial charge on any atom is 0.0662 e. The zero-order valence-corrected chi connectivity index (χ0v) is 12.1. The van der Waals surface area contributed by atoms with E-state index in [2.05, 4.69) is 60.1 Å². The van der Waals surface area contributed by atoms with Crippen molar-refractivity contribution in [2.24, 2.45) is 0 Å². The molecule has 0 radical (unpaired) electrons. The summed E-state index contributed by atoms with van der Waals surface area (Å²) >= 11 is 0. The minimum absolute atomic E-state index is 0.858. The first-order valence-corrected chi connectivity index (χ1v) is 7.04. The summed E-state index contributed by atoms with van der Waals surface area (Å²) in [6.07, 6.45) is 3.02. The van der Waals surface area contributed by atoms with Gasteiger partial charge < -0.3 is 5.32 Å². The summed E-state index contributed by atoms with van der Waals surface area (Å²) in [5, 5.41) is 7.91. The van der Waals surface area contributed by atoms with Crippen molar-refractivity contribution in [3.63, 3.8) is 0 Å². The van der Waals surface area contributed by atoms with Crippen LogP contribution >= 0.6 is 0 Å². The molecule has 0 atom stereocenters. The van der Waals surface area contributed by atoms with Gasteiger partial charge in [-0.1, -0.05) is 43.7 Å². The molecule has 0 saturated carbocycles. The van der Waals surface area contributed by atoms with Crippen LogP contribution in [-0.4, -0.2) is 16.3 Å². The minimum Gasteiger partial charge on any atom is -0.313 e. The topological polar surface area (TPSA) is 29.9 Å². The Morgan fingerprint density at radius 2 is 2.11 bits per heavy atom. The zero-order valence-electron chi connectivity index (χ0n) is 12.1. The first-order valence-electron chi connectivity index (χ1n) is 7.04. The highest BCUT2D eigenvalue weighted by atomic mass is 15.3. The van der Waals surface area contributed by atoms with Crippen LogP contribution in [0.15, 0.2) is 30.5 Å².